The van der Waals surface area contributed by atoms with Gasteiger partial charge in [-0.25, -0.2) is 9.97 Å². The summed E-state index contributed by atoms with van der Waals surface area (Å²) in [6, 6.07) is 2.00. The summed E-state index contributed by atoms with van der Waals surface area (Å²) < 4.78 is 0. The summed E-state index contributed by atoms with van der Waals surface area (Å²) in [6.45, 7) is 5.93. The van der Waals surface area contributed by atoms with Crippen LogP contribution < -0.4 is 10.2 Å². The smallest absolute Gasteiger partial charge is 0.230 e. The van der Waals surface area contributed by atoms with Gasteiger partial charge in [0.1, 0.15) is 12.1 Å². The molecule has 3 rings (SSSR count). The lowest BCUT2D eigenvalue weighted by atomic mass is 9.72. The highest BCUT2D eigenvalue weighted by Gasteiger charge is 2.52. The molecule has 21 heavy (non-hydrogen) atoms. The molecule has 1 spiro atoms. The molecule has 2 aliphatic heterocycles. The molecule has 0 aliphatic carbocycles. The van der Waals surface area contributed by atoms with Crippen LogP contribution in [-0.2, 0) is 11.2 Å². The van der Waals surface area contributed by atoms with E-state index >= 15 is 0 Å². The average Bonchev–Trinajstić information content (AvgIpc) is 2.38. The maximum atomic E-state index is 12.1. The third-order valence-electron chi connectivity index (χ3n) is 4.24. The summed E-state index contributed by atoms with van der Waals surface area (Å²) in [7, 11) is 0. The van der Waals surface area contributed by atoms with Crippen LogP contribution >= 0.6 is 0 Å². The molecule has 6 heteroatoms. The molecule has 1 aromatic rings. The van der Waals surface area contributed by atoms with Crippen molar-refractivity contribution in [2.45, 2.75) is 32.8 Å². The van der Waals surface area contributed by atoms with Crippen LogP contribution in [0.1, 0.15) is 26.0 Å². The van der Waals surface area contributed by atoms with Crippen LogP contribution in [-0.4, -0.2) is 46.7 Å². The van der Waals surface area contributed by atoms with Crippen LogP contribution in [0.15, 0.2) is 12.4 Å². The summed E-state index contributed by atoms with van der Waals surface area (Å²) in [5.41, 5.74) is 0.588. The number of aliphatic hydroxyl groups is 1. The van der Waals surface area contributed by atoms with Crippen molar-refractivity contribution in [1.82, 2.24) is 15.3 Å². The van der Waals surface area contributed by atoms with E-state index in [2.05, 4.69) is 34.0 Å². The SMILES string of the molecule is CC(C)Cc1cc(N2CC3(CC(O)CNC3=O)C2)ncn1. The van der Waals surface area contributed by atoms with E-state index in [1.807, 2.05) is 6.07 Å². The molecule has 0 aromatic carbocycles. The number of aliphatic hydroxyl groups excluding tert-OH is 1. The van der Waals surface area contributed by atoms with E-state index in [1.165, 1.54) is 0 Å². The molecule has 2 N–H and O–H groups in total. The quantitative estimate of drug-likeness (QED) is 0.840. The van der Waals surface area contributed by atoms with Crippen LogP contribution in [0.3, 0.4) is 0 Å². The van der Waals surface area contributed by atoms with Crippen molar-refractivity contribution in [3.05, 3.63) is 18.1 Å². The van der Waals surface area contributed by atoms with Gasteiger partial charge in [0.15, 0.2) is 0 Å². The van der Waals surface area contributed by atoms with E-state index in [1.54, 1.807) is 6.33 Å². The third-order valence-corrected chi connectivity index (χ3v) is 4.24. The Morgan fingerprint density at radius 3 is 2.95 bits per heavy atom. The summed E-state index contributed by atoms with van der Waals surface area (Å²) in [6.07, 6.45) is 2.62. The second-order valence-electron chi connectivity index (χ2n) is 6.67. The number of carbonyl (C=O) groups excluding carboxylic acids is 1. The van der Waals surface area contributed by atoms with E-state index in [9.17, 15) is 9.90 Å². The Morgan fingerprint density at radius 1 is 1.48 bits per heavy atom. The maximum absolute atomic E-state index is 12.1. The predicted octanol–water partition coefficient (Wildman–Crippen LogP) is 0.362. The highest BCUT2D eigenvalue weighted by atomic mass is 16.3. The molecule has 114 valence electrons. The Bertz CT molecular complexity index is 540. The molecule has 1 atom stereocenters. The maximum Gasteiger partial charge on any atom is 0.230 e. The Kier molecular flexibility index (Phi) is 3.57. The highest BCUT2D eigenvalue weighted by Crippen LogP contribution is 2.39. The first kappa shape index (κ1) is 14.3. The second kappa shape index (κ2) is 5.26. The number of piperidine rings is 1. The van der Waals surface area contributed by atoms with Gasteiger partial charge < -0.3 is 15.3 Å². The number of hydrogen-bond acceptors (Lipinski definition) is 5. The number of anilines is 1. The number of carbonyl (C=O) groups is 1. The minimum atomic E-state index is -0.444. The lowest BCUT2D eigenvalue weighted by Crippen LogP contribution is -2.67. The number of β-amino-alcohol motifs (C(OH)–C–C–N with tert-alkyl or cyclic N) is 1. The number of rotatable bonds is 3. The second-order valence-corrected chi connectivity index (χ2v) is 6.67. The lowest BCUT2D eigenvalue weighted by Gasteiger charge is -2.52. The van der Waals surface area contributed by atoms with Crippen LogP contribution in [0.4, 0.5) is 5.82 Å². The normalized spacial score (nSPS) is 24.1. The van der Waals surface area contributed by atoms with Gasteiger partial charge in [0.25, 0.3) is 0 Å². The monoisotopic (exact) mass is 290 g/mol. The van der Waals surface area contributed by atoms with Gasteiger partial charge in [-0.05, 0) is 18.8 Å². The van der Waals surface area contributed by atoms with Gasteiger partial charge in [-0.15, -0.1) is 0 Å². The molecule has 0 bridgehead atoms. The summed E-state index contributed by atoms with van der Waals surface area (Å²) >= 11 is 0. The van der Waals surface area contributed by atoms with Gasteiger partial charge in [0.2, 0.25) is 5.91 Å². The van der Waals surface area contributed by atoms with E-state index in [0.29, 0.717) is 32.0 Å². The van der Waals surface area contributed by atoms with Gasteiger partial charge in [-0.3, -0.25) is 4.79 Å². The molecule has 1 aromatic heterocycles. The fraction of sp³-hybridized carbons (Fsp3) is 0.667. The van der Waals surface area contributed by atoms with Gasteiger partial charge in [-0.1, -0.05) is 13.8 Å². The van der Waals surface area contributed by atoms with Crippen molar-refractivity contribution in [1.29, 1.82) is 0 Å². The third kappa shape index (κ3) is 2.72. The minimum absolute atomic E-state index is 0.0560. The van der Waals surface area contributed by atoms with Crippen LogP contribution in [0, 0.1) is 11.3 Å². The van der Waals surface area contributed by atoms with Crippen molar-refractivity contribution in [3.8, 4) is 0 Å². The van der Waals surface area contributed by atoms with Gasteiger partial charge in [0, 0.05) is 31.4 Å². The standard InChI is InChI=1S/C15H22N4O2/c1-10(2)3-11-4-13(18-9-17-11)19-7-15(8-19)5-12(20)6-16-14(15)21/h4,9-10,12,20H,3,5-8H2,1-2H3,(H,16,21). The Hall–Kier alpha value is -1.69. The Balaban J connectivity index is 1.69. The molecular weight excluding hydrogens is 268 g/mol. The van der Waals surface area contributed by atoms with Gasteiger partial charge in [0.05, 0.1) is 11.5 Å². The molecule has 2 fully saturated rings. The number of nitrogens with zero attached hydrogens (tertiary/aromatic N) is 3. The lowest BCUT2D eigenvalue weighted by molar-refractivity contribution is -0.139. The Morgan fingerprint density at radius 2 is 2.24 bits per heavy atom. The largest absolute Gasteiger partial charge is 0.391 e. The first-order valence-corrected chi connectivity index (χ1v) is 7.51. The van der Waals surface area contributed by atoms with Crippen LogP contribution in [0.2, 0.25) is 0 Å². The molecule has 1 amide bonds. The van der Waals surface area contributed by atoms with E-state index < -0.39 is 11.5 Å². The summed E-state index contributed by atoms with van der Waals surface area (Å²) in [4.78, 5) is 22.7. The van der Waals surface area contributed by atoms with Crippen LogP contribution in [0.25, 0.3) is 0 Å². The molecule has 0 saturated carbocycles. The van der Waals surface area contributed by atoms with E-state index in [0.717, 1.165) is 17.9 Å². The molecule has 2 saturated heterocycles. The fourth-order valence-electron chi connectivity index (χ4n) is 3.22. The number of aromatic nitrogens is 2. The van der Waals surface area contributed by atoms with E-state index in [4.69, 9.17) is 0 Å². The van der Waals surface area contributed by atoms with Crippen LogP contribution in [0.5, 0.6) is 0 Å². The van der Waals surface area contributed by atoms with Gasteiger partial charge >= 0.3 is 0 Å². The first-order chi connectivity index (χ1) is 9.98. The molecule has 0 radical (unpaired) electrons. The topological polar surface area (TPSA) is 78.4 Å². The zero-order valence-corrected chi connectivity index (χ0v) is 12.5. The van der Waals surface area contributed by atoms with Crippen molar-refractivity contribution in [2.75, 3.05) is 24.5 Å². The predicted molar refractivity (Wildman–Crippen MR) is 78.9 cm³/mol. The average molecular weight is 290 g/mol. The zero-order chi connectivity index (χ0) is 15.0. The van der Waals surface area contributed by atoms with Gasteiger partial charge in [-0.2, -0.15) is 0 Å². The summed E-state index contributed by atoms with van der Waals surface area (Å²) in [5, 5.41) is 12.6. The zero-order valence-electron chi connectivity index (χ0n) is 12.5. The Labute approximate surface area is 124 Å². The number of nitrogens with one attached hydrogen (secondary N) is 1. The van der Waals surface area contributed by atoms with Crippen molar-refractivity contribution < 1.29 is 9.90 Å². The highest BCUT2D eigenvalue weighted by molar-refractivity contribution is 5.87. The molecule has 3 heterocycles. The molecule has 1 unspecified atom stereocenters. The number of hydrogen-bond donors (Lipinski definition) is 2. The van der Waals surface area contributed by atoms with E-state index in [-0.39, 0.29) is 5.91 Å². The van der Waals surface area contributed by atoms with Crippen molar-refractivity contribution >= 4 is 11.7 Å². The summed E-state index contributed by atoms with van der Waals surface area (Å²) in [5.74, 6) is 1.48. The fourth-order valence-corrected chi connectivity index (χ4v) is 3.22. The first-order valence-electron chi connectivity index (χ1n) is 7.51. The molecule has 2 aliphatic rings. The van der Waals surface area contributed by atoms with Crippen molar-refractivity contribution in [2.24, 2.45) is 11.3 Å². The molecule has 6 nitrogen and oxygen atoms in total. The number of amides is 1. The van der Waals surface area contributed by atoms with Crippen molar-refractivity contribution in [3.63, 3.8) is 0 Å². The minimum Gasteiger partial charge on any atom is -0.391 e. The molecular formula is C15H22N4O2.